The minimum absolute atomic E-state index is 0.624. The molecule has 1 aromatic heterocycles. The standard InChI is InChI=1S/C24H35NO.C11H13N3.C2H6/c1-4-20(15-16-25-18-21-13-11-19(3)12-14-21)17-22(5-2)24(26)23-9-7-6-8-10-23;1-8-12-10-7-5-4-6-9(10)11(13-8)14(2)3;1-2/h4-10,17,19,21,24-26H,2,11-16,18H2,1,3H3;4-7H,1-3H3;1-2H3/b20-4-,22-17+;;. The molecule has 0 amide bonds. The van der Waals surface area contributed by atoms with Crippen molar-refractivity contribution in [2.45, 2.75) is 72.8 Å². The van der Waals surface area contributed by atoms with Crippen molar-refractivity contribution in [1.82, 2.24) is 15.3 Å². The lowest BCUT2D eigenvalue weighted by Gasteiger charge is -2.26. The highest BCUT2D eigenvalue weighted by Gasteiger charge is 2.17. The maximum atomic E-state index is 10.6. The number of benzene rings is 2. The maximum Gasteiger partial charge on any atom is 0.139 e. The van der Waals surface area contributed by atoms with Gasteiger partial charge in [-0.1, -0.05) is 106 Å². The number of aliphatic hydroxyl groups excluding tert-OH is 1. The minimum atomic E-state index is -0.624. The predicted molar refractivity (Wildman–Crippen MR) is 182 cm³/mol. The first-order valence-electron chi connectivity index (χ1n) is 15.7. The van der Waals surface area contributed by atoms with E-state index in [1.165, 1.54) is 31.3 Å². The van der Waals surface area contributed by atoms with Crippen molar-refractivity contribution in [1.29, 1.82) is 0 Å². The number of fused-ring (bicyclic) bond motifs is 1. The highest BCUT2D eigenvalue weighted by Crippen LogP contribution is 2.28. The van der Waals surface area contributed by atoms with E-state index < -0.39 is 6.10 Å². The smallest absolute Gasteiger partial charge is 0.139 e. The molecule has 1 unspecified atom stereocenters. The summed E-state index contributed by atoms with van der Waals surface area (Å²) in [7, 11) is 3.99. The number of hydrogen-bond acceptors (Lipinski definition) is 5. The zero-order valence-electron chi connectivity index (χ0n) is 27.1. The molecule has 0 radical (unpaired) electrons. The molecule has 5 heteroatoms. The number of para-hydroxylation sites is 1. The van der Waals surface area contributed by atoms with Crippen molar-refractivity contribution in [3.8, 4) is 0 Å². The molecule has 42 heavy (non-hydrogen) atoms. The normalized spacial score (nSPS) is 17.8. The van der Waals surface area contributed by atoms with Crippen LogP contribution in [0.1, 0.15) is 77.3 Å². The highest BCUT2D eigenvalue weighted by atomic mass is 16.3. The van der Waals surface area contributed by atoms with Crippen LogP contribution in [0.5, 0.6) is 0 Å². The van der Waals surface area contributed by atoms with Gasteiger partial charge in [0.1, 0.15) is 17.7 Å². The summed E-state index contributed by atoms with van der Waals surface area (Å²) < 4.78 is 0. The van der Waals surface area contributed by atoms with E-state index in [0.717, 1.165) is 65.0 Å². The Morgan fingerprint density at radius 1 is 1.02 bits per heavy atom. The van der Waals surface area contributed by atoms with Gasteiger partial charge in [-0.3, -0.25) is 0 Å². The molecule has 2 aromatic carbocycles. The molecule has 0 aliphatic heterocycles. The van der Waals surface area contributed by atoms with Crippen LogP contribution in [0.2, 0.25) is 0 Å². The third-order valence-corrected chi connectivity index (χ3v) is 7.67. The Bertz CT molecular complexity index is 1260. The van der Waals surface area contributed by atoms with Crippen LogP contribution in [0.4, 0.5) is 5.82 Å². The summed E-state index contributed by atoms with van der Waals surface area (Å²) in [6, 6.07) is 17.8. The molecule has 1 aliphatic carbocycles. The van der Waals surface area contributed by atoms with E-state index in [1.807, 2.05) is 94.4 Å². The zero-order valence-corrected chi connectivity index (χ0v) is 27.1. The van der Waals surface area contributed by atoms with Crippen LogP contribution in [-0.2, 0) is 0 Å². The van der Waals surface area contributed by atoms with Crippen LogP contribution in [-0.4, -0.2) is 42.3 Å². The summed E-state index contributed by atoms with van der Waals surface area (Å²) in [5, 5.41) is 15.3. The van der Waals surface area contributed by atoms with E-state index >= 15 is 0 Å². The van der Waals surface area contributed by atoms with Gasteiger partial charge in [0, 0.05) is 19.5 Å². The van der Waals surface area contributed by atoms with Crippen molar-refractivity contribution < 1.29 is 5.11 Å². The SMILES string of the molecule is C=C/C(=C\C(=C/C)CCNCC1CCC(C)CC1)C(O)c1ccccc1.CC.Cc1nc(N(C)C)c2ccccc2n1. The van der Waals surface area contributed by atoms with Crippen LogP contribution in [0, 0.1) is 18.8 Å². The molecule has 1 heterocycles. The van der Waals surface area contributed by atoms with E-state index in [-0.39, 0.29) is 0 Å². The van der Waals surface area contributed by atoms with Gasteiger partial charge in [0.15, 0.2) is 0 Å². The lowest BCUT2D eigenvalue weighted by Crippen LogP contribution is -2.26. The Kier molecular flexibility index (Phi) is 15.8. The van der Waals surface area contributed by atoms with Gasteiger partial charge < -0.3 is 15.3 Å². The molecule has 3 aromatic rings. The Hall–Kier alpha value is -3.28. The third-order valence-electron chi connectivity index (χ3n) is 7.67. The molecule has 228 valence electrons. The molecular formula is C37H54N4O. The Morgan fingerprint density at radius 2 is 1.67 bits per heavy atom. The predicted octanol–water partition coefficient (Wildman–Crippen LogP) is 8.62. The van der Waals surface area contributed by atoms with Gasteiger partial charge in [-0.2, -0.15) is 0 Å². The van der Waals surface area contributed by atoms with Crippen molar-refractivity contribution in [2.75, 3.05) is 32.1 Å². The summed E-state index contributed by atoms with van der Waals surface area (Å²) in [5.41, 5.74) is 3.99. The molecule has 0 saturated heterocycles. The first kappa shape index (κ1) is 34.9. The molecular weight excluding hydrogens is 516 g/mol. The van der Waals surface area contributed by atoms with Gasteiger partial charge in [0.05, 0.1) is 5.52 Å². The molecule has 2 N–H and O–H groups in total. The Balaban J connectivity index is 0.000000322. The van der Waals surface area contributed by atoms with E-state index in [1.54, 1.807) is 6.08 Å². The molecule has 0 spiro atoms. The number of hydrogen-bond donors (Lipinski definition) is 2. The number of aromatic nitrogens is 2. The summed E-state index contributed by atoms with van der Waals surface area (Å²) in [6.07, 6.45) is 11.8. The largest absolute Gasteiger partial charge is 0.384 e. The molecule has 1 saturated carbocycles. The van der Waals surface area contributed by atoms with Gasteiger partial charge >= 0.3 is 0 Å². The molecule has 5 nitrogen and oxygen atoms in total. The number of nitrogens with zero attached hydrogens (tertiary/aromatic N) is 3. The summed E-state index contributed by atoms with van der Waals surface area (Å²) in [5.74, 6) is 3.55. The number of aryl methyl sites for hydroxylation is 1. The Labute approximate surface area is 255 Å². The van der Waals surface area contributed by atoms with Crippen LogP contribution in [0.25, 0.3) is 10.9 Å². The van der Waals surface area contributed by atoms with Crippen LogP contribution >= 0.6 is 0 Å². The monoisotopic (exact) mass is 570 g/mol. The summed E-state index contributed by atoms with van der Waals surface area (Å²) in [4.78, 5) is 10.8. The van der Waals surface area contributed by atoms with Crippen LogP contribution in [0.15, 0.2) is 90.6 Å². The van der Waals surface area contributed by atoms with Gasteiger partial charge in [0.2, 0.25) is 0 Å². The van der Waals surface area contributed by atoms with E-state index in [2.05, 4.69) is 47.9 Å². The lowest BCUT2D eigenvalue weighted by molar-refractivity contribution is 0.219. The molecule has 1 aliphatic rings. The second-order valence-corrected chi connectivity index (χ2v) is 11.1. The van der Waals surface area contributed by atoms with Crippen molar-refractivity contribution in [2.24, 2.45) is 11.8 Å². The van der Waals surface area contributed by atoms with Crippen LogP contribution in [0.3, 0.4) is 0 Å². The maximum absolute atomic E-state index is 10.6. The van der Waals surface area contributed by atoms with Gasteiger partial charge in [0.25, 0.3) is 0 Å². The average molecular weight is 571 g/mol. The second kappa shape index (κ2) is 19.0. The topological polar surface area (TPSA) is 61.3 Å². The number of anilines is 1. The molecule has 1 atom stereocenters. The number of rotatable bonds is 10. The number of nitrogens with one attached hydrogen (secondary N) is 1. The zero-order chi connectivity index (χ0) is 30.9. The third kappa shape index (κ3) is 11.2. The van der Waals surface area contributed by atoms with Gasteiger partial charge in [-0.15, -0.1) is 0 Å². The van der Waals surface area contributed by atoms with Crippen molar-refractivity contribution in [3.05, 3.63) is 102 Å². The highest BCUT2D eigenvalue weighted by molar-refractivity contribution is 5.89. The fraction of sp³-hybridized carbons (Fsp3) is 0.459. The molecule has 0 bridgehead atoms. The van der Waals surface area contributed by atoms with E-state index in [4.69, 9.17) is 0 Å². The fourth-order valence-corrected chi connectivity index (χ4v) is 5.18. The first-order chi connectivity index (χ1) is 20.3. The summed E-state index contributed by atoms with van der Waals surface area (Å²) >= 11 is 0. The lowest BCUT2D eigenvalue weighted by atomic mass is 9.83. The van der Waals surface area contributed by atoms with E-state index in [0.29, 0.717) is 0 Å². The second-order valence-electron chi connectivity index (χ2n) is 11.1. The molecule has 4 rings (SSSR count). The molecule has 1 fully saturated rings. The minimum Gasteiger partial charge on any atom is -0.384 e. The summed E-state index contributed by atoms with van der Waals surface area (Å²) in [6.45, 7) is 16.3. The fourth-order valence-electron chi connectivity index (χ4n) is 5.18. The van der Waals surface area contributed by atoms with Crippen molar-refractivity contribution in [3.63, 3.8) is 0 Å². The Morgan fingerprint density at radius 3 is 2.29 bits per heavy atom. The first-order valence-corrected chi connectivity index (χ1v) is 15.7. The van der Waals surface area contributed by atoms with Crippen molar-refractivity contribution >= 4 is 16.7 Å². The number of aliphatic hydroxyl groups is 1. The van der Waals surface area contributed by atoms with Gasteiger partial charge in [-0.05, 0) is 81.3 Å². The average Bonchev–Trinajstić information content (AvgIpc) is 3.02. The van der Waals surface area contributed by atoms with Gasteiger partial charge in [-0.25, -0.2) is 9.97 Å². The van der Waals surface area contributed by atoms with Crippen LogP contribution < -0.4 is 10.2 Å². The quantitative estimate of drug-likeness (QED) is 0.189. The van der Waals surface area contributed by atoms with E-state index in [9.17, 15) is 5.11 Å². The number of allylic oxidation sites excluding steroid dienone is 2.